The molecule has 0 saturated carbocycles. The summed E-state index contributed by atoms with van der Waals surface area (Å²) in [6.07, 6.45) is 0.778. The Bertz CT molecular complexity index is 924. The van der Waals surface area contributed by atoms with Crippen LogP contribution in [0, 0.1) is 0 Å². The van der Waals surface area contributed by atoms with Gasteiger partial charge in [-0.2, -0.15) is 0 Å². The lowest BCUT2D eigenvalue weighted by Gasteiger charge is -2.13. The Labute approximate surface area is 159 Å². The molecule has 3 N–H and O–H groups in total. The molecule has 8 heteroatoms. The van der Waals surface area contributed by atoms with Gasteiger partial charge < -0.3 is 10.6 Å². The summed E-state index contributed by atoms with van der Waals surface area (Å²) in [5.41, 5.74) is 1.19. The Balaban J connectivity index is 2.17. The molecule has 27 heavy (non-hydrogen) atoms. The highest BCUT2D eigenvalue weighted by molar-refractivity contribution is 7.92. The van der Waals surface area contributed by atoms with Crippen molar-refractivity contribution in [3.63, 3.8) is 0 Å². The summed E-state index contributed by atoms with van der Waals surface area (Å²) in [7, 11) is -3.86. The summed E-state index contributed by atoms with van der Waals surface area (Å²) in [6.45, 7) is 5.22. The van der Waals surface area contributed by atoms with E-state index in [4.69, 9.17) is 0 Å². The van der Waals surface area contributed by atoms with E-state index in [1.165, 1.54) is 25.1 Å². The number of amides is 2. The maximum Gasteiger partial charge on any atom is 0.261 e. The molecule has 2 aromatic carbocycles. The van der Waals surface area contributed by atoms with Gasteiger partial charge in [0.2, 0.25) is 5.91 Å². The van der Waals surface area contributed by atoms with Gasteiger partial charge >= 0.3 is 0 Å². The monoisotopic (exact) mass is 389 g/mol. The predicted octanol–water partition coefficient (Wildman–Crippen LogP) is 2.97. The van der Waals surface area contributed by atoms with Gasteiger partial charge in [0.05, 0.1) is 4.90 Å². The molecule has 1 atom stereocenters. The maximum atomic E-state index is 12.6. The number of anilines is 2. The van der Waals surface area contributed by atoms with Crippen molar-refractivity contribution in [2.45, 2.75) is 38.1 Å². The van der Waals surface area contributed by atoms with Crippen molar-refractivity contribution >= 4 is 33.2 Å². The van der Waals surface area contributed by atoms with E-state index in [2.05, 4.69) is 15.4 Å². The minimum absolute atomic E-state index is 0.00184. The van der Waals surface area contributed by atoms with Crippen LogP contribution in [0.1, 0.15) is 37.6 Å². The average molecular weight is 389 g/mol. The SMILES string of the molecule is CCC(C)NC(=O)c1cccc(S(=O)(=O)Nc2ccc(NC(C)=O)cc2)c1. The first kappa shape index (κ1) is 20.4. The third kappa shape index (κ3) is 5.82. The van der Waals surface area contributed by atoms with Crippen LogP contribution in [0.15, 0.2) is 53.4 Å². The van der Waals surface area contributed by atoms with Gasteiger partial charge in [0.15, 0.2) is 0 Å². The molecule has 0 heterocycles. The van der Waals surface area contributed by atoms with Gasteiger partial charge in [0.25, 0.3) is 15.9 Å². The molecule has 2 aromatic rings. The van der Waals surface area contributed by atoms with E-state index in [9.17, 15) is 18.0 Å². The number of carbonyl (C=O) groups is 2. The van der Waals surface area contributed by atoms with Crippen LogP contribution in [0.2, 0.25) is 0 Å². The van der Waals surface area contributed by atoms with Gasteiger partial charge in [-0.05, 0) is 55.8 Å². The maximum absolute atomic E-state index is 12.6. The topological polar surface area (TPSA) is 104 Å². The minimum Gasteiger partial charge on any atom is -0.350 e. The largest absolute Gasteiger partial charge is 0.350 e. The third-order valence-corrected chi connectivity index (χ3v) is 5.23. The van der Waals surface area contributed by atoms with Crippen LogP contribution in [0.25, 0.3) is 0 Å². The van der Waals surface area contributed by atoms with Crippen LogP contribution in [-0.2, 0) is 14.8 Å². The van der Waals surface area contributed by atoms with Crippen molar-refractivity contribution in [1.82, 2.24) is 5.32 Å². The molecule has 2 rings (SSSR count). The quantitative estimate of drug-likeness (QED) is 0.677. The molecular weight excluding hydrogens is 366 g/mol. The molecule has 0 saturated heterocycles. The minimum atomic E-state index is -3.86. The summed E-state index contributed by atoms with van der Waals surface area (Å²) < 4.78 is 27.7. The van der Waals surface area contributed by atoms with E-state index in [0.29, 0.717) is 11.4 Å². The number of sulfonamides is 1. The number of hydrogen-bond acceptors (Lipinski definition) is 4. The average Bonchev–Trinajstić information content (AvgIpc) is 2.62. The fourth-order valence-corrected chi connectivity index (χ4v) is 3.36. The molecule has 144 valence electrons. The molecule has 0 aliphatic rings. The molecule has 0 fully saturated rings. The van der Waals surface area contributed by atoms with E-state index in [0.717, 1.165) is 6.42 Å². The normalized spacial score (nSPS) is 12.1. The Morgan fingerprint density at radius 2 is 1.67 bits per heavy atom. The second kappa shape index (κ2) is 8.68. The van der Waals surface area contributed by atoms with Crippen LogP contribution >= 0.6 is 0 Å². The highest BCUT2D eigenvalue weighted by Crippen LogP contribution is 2.19. The summed E-state index contributed by atoms with van der Waals surface area (Å²) in [6, 6.07) is 12.1. The Hall–Kier alpha value is -2.87. The number of hydrogen-bond donors (Lipinski definition) is 3. The molecule has 0 radical (unpaired) electrons. The van der Waals surface area contributed by atoms with Crippen LogP contribution < -0.4 is 15.4 Å². The van der Waals surface area contributed by atoms with Gasteiger partial charge in [0, 0.05) is 29.9 Å². The van der Waals surface area contributed by atoms with Gasteiger partial charge in [-0.3, -0.25) is 14.3 Å². The van der Waals surface area contributed by atoms with Gasteiger partial charge in [-0.25, -0.2) is 8.42 Å². The van der Waals surface area contributed by atoms with E-state index >= 15 is 0 Å². The molecule has 0 aliphatic heterocycles. The van der Waals surface area contributed by atoms with Gasteiger partial charge in [-0.1, -0.05) is 13.0 Å². The molecule has 0 bridgehead atoms. The zero-order valence-corrected chi connectivity index (χ0v) is 16.3. The smallest absolute Gasteiger partial charge is 0.261 e. The predicted molar refractivity (Wildman–Crippen MR) is 105 cm³/mol. The fraction of sp³-hybridized carbons (Fsp3) is 0.263. The highest BCUT2D eigenvalue weighted by atomic mass is 32.2. The number of rotatable bonds is 7. The summed E-state index contributed by atoms with van der Waals surface area (Å²) in [5.74, 6) is -0.531. The summed E-state index contributed by atoms with van der Waals surface area (Å²) in [5, 5.41) is 5.41. The first-order chi connectivity index (χ1) is 12.7. The van der Waals surface area contributed by atoms with Crippen molar-refractivity contribution in [2.24, 2.45) is 0 Å². The van der Waals surface area contributed by atoms with Crippen LogP contribution in [0.3, 0.4) is 0 Å². The lowest BCUT2D eigenvalue weighted by molar-refractivity contribution is -0.114. The number of carbonyl (C=O) groups excluding carboxylic acids is 2. The Morgan fingerprint density at radius 3 is 2.26 bits per heavy atom. The van der Waals surface area contributed by atoms with Crippen molar-refractivity contribution in [3.8, 4) is 0 Å². The van der Waals surface area contributed by atoms with E-state index in [-0.39, 0.29) is 28.3 Å². The van der Waals surface area contributed by atoms with Crippen molar-refractivity contribution in [2.75, 3.05) is 10.0 Å². The van der Waals surface area contributed by atoms with E-state index in [1.54, 1.807) is 30.3 Å². The first-order valence-electron chi connectivity index (χ1n) is 8.52. The van der Waals surface area contributed by atoms with Crippen LogP contribution in [0.4, 0.5) is 11.4 Å². The lowest BCUT2D eigenvalue weighted by atomic mass is 10.2. The number of benzene rings is 2. The molecule has 0 aromatic heterocycles. The highest BCUT2D eigenvalue weighted by Gasteiger charge is 2.17. The fourth-order valence-electron chi connectivity index (χ4n) is 2.25. The zero-order chi connectivity index (χ0) is 20.0. The number of nitrogens with one attached hydrogen (secondary N) is 3. The van der Waals surface area contributed by atoms with Gasteiger partial charge in [-0.15, -0.1) is 0 Å². The molecule has 7 nitrogen and oxygen atoms in total. The lowest BCUT2D eigenvalue weighted by Crippen LogP contribution is -2.32. The Morgan fingerprint density at radius 1 is 1.04 bits per heavy atom. The molecular formula is C19H23N3O4S. The summed E-state index contributed by atoms with van der Waals surface area (Å²) in [4.78, 5) is 23.2. The van der Waals surface area contributed by atoms with Gasteiger partial charge in [0.1, 0.15) is 0 Å². The standard InChI is InChI=1S/C19H23N3O4S/c1-4-13(2)20-19(24)15-6-5-7-18(12-15)27(25,26)22-17-10-8-16(9-11-17)21-14(3)23/h5-13,22H,4H2,1-3H3,(H,20,24)(H,21,23). The first-order valence-corrected chi connectivity index (χ1v) is 10.0. The van der Waals surface area contributed by atoms with E-state index < -0.39 is 10.0 Å². The second-order valence-corrected chi connectivity index (χ2v) is 7.86. The third-order valence-electron chi connectivity index (χ3n) is 3.85. The van der Waals surface area contributed by atoms with E-state index in [1.807, 2.05) is 13.8 Å². The van der Waals surface area contributed by atoms with Crippen LogP contribution in [0.5, 0.6) is 0 Å². The van der Waals surface area contributed by atoms with Crippen molar-refractivity contribution < 1.29 is 18.0 Å². The van der Waals surface area contributed by atoms with Crippen LogP contribution in [-0.4, -0.2) is 26.3 Å². The molecule has 0 spiro atoms. The van der Waals surface area contributed by atoms with Crippen molar-refractivity contribution in [3.05, 3.63) is 54.1 Å². The molecule has 1 unspecified atom stereocenters. The second-order valence-electron chi connectivity index (χ2n) is 6.17. The molecule has 0 aliphatic carbocycles. The Kier molecular flexibility index (Phi) is 6.57. The summed E-state index contributed by atoms with van der Waals surface area (Å²) >= 11 is 0. The zero-order valence-electron chi connectivity index (χ0n) is 15.4. The molecule has 2 amide bonds. The van der Waals surface area contributed by atoms with Crippen molar-refractivity contribution in [1.29, 1.82) is 0 Å².